The van der Waals surface area contributed by atoms with E-state index in [2.05, 4.69) is 57.9 Å². The van der Waals surface area contributed by atoms with Crippen molar-refractivity contribution in [1.82, 2.24) is 19.5 Å². The summed E-state index contributed by atoms with van der Waals surface area (Å²) in [6.45, 7) is 2.10. The number of nitrogens with zero attached hydrogens (tertiary/aromatic N) is 4. The second kappa shape index (κ2) is 6.69. The summed E-state index contributed by atoms with van der Waals surface area (Å²) < 4.78 is 2.10. The third kappa shape index (κ3) is 3.03. The first kappa shape index (κ1) is 15.8. The number of benzene rings is 2. The predicted octanol–water partition coefficient (Wildman–Crippen LogP) is 4.63. The van der Waals surface area contributed by atoms with Gasteiger partial charge in [0.15, 0.2) is 5.65 Å². The van der Waals surface area contributed by atoms with Gasteiger partial charge in [-0.15, -0.1) is 0 Å². The lowest BCUT2D eigenvalue weighted by atomic mass is 10.1. The number of rotatable bonds is 4. The fourth-order valence-electron chi connectivity index (χ4n) is 2.91. The zero-order valence-electron chi connectivity index (χ0n) is 14.2. The van der Waals surface area contributed by atoms with Gasteiger partial charge in [0.25, 0.3) is 0 Å². The molecule has 0 aliphatic rings. The monoisotopic (exact) mass is 346 g/mol. The van der Waals surface area contributed by atoms with Crippen LogP contribution >= 0.6 is 11.8 Å². The molecule has 0 fully saturated rings. The van der Waals surface area contributed by atoms with E-state index in [-0.39, 0.29) is 0 Å². The predicted molar refractivity (Wildman–Crippen MR) is 102 cm³/mol. The van der Waals surface area contributed by atoms with Crippen molar-refractivity contribution in [2.24, 2.45) is 7.05 Å². The summed E-state index contributed by atoms with van der Waals surface area (Å²) in [5, 5.41) is 0.962. The molecule has 2 aromatic carbocycles. The average Bonchev–Trinajstić information content (AvgIpc) is 2.98. The quantitative estimate of drug-likeness (QED) is 0.399. The molecule has 124 valence electrons. The van der Waals surface area contributed by atoms with Gasteiger partial charge in [-0.2, -0.15) is 0 Å². The van der Waals surface area contributed by atoms with Crippen molar-refractivity contribution in [3.8, 4) is 11.4 Å². The topological polar surface area (TPSA) is 43.6 Å². The molecule has 0 aliphatic carbocycles. The van der Waals surface area contributed by atoms with E-state index in [1.807, 2.05) is 25.2 Å². The van der Waals surface area contributed by atoms with E-state index in [9.17, 15) is 0 Å². The van der Waals surface area contributed by atoms with Crippen molar-refractivity contribution < 1.29 is 0 Å². The minimum absolute atomic E-state index is 0.742. The Morgan fingerprint density at radius 3 is 2.52 bits per heavy atom. The maximum Gasteiger partial charge on any atom is 0.182 e. The van der Waals surface area contributed by atoms with E-state index in [0.717, 1.165) is 33.3 Å². The summed E-state index contributed by atoms with van der Waals surface area (Å²) in [7, 11) is 2.03. The molecule has 0 spiro atoms. The van der Waals surface area contributed by atoms with Crippen LogP contribution in [0.3, 0.4) is 0 Å². The van der Waals surface area contributed by atoms with Crippen molar-refractivity contribution in [1.29, 1.82) is 0 Å². The molecule has 0 amide bonds. The minimum Gasteiger partial charge on any atom is -0.324 e. The molecule has 5 heteroatoms. The highest BCUT2D eigenvalue weighted by atomic mass is 32.2. The van der Waals surface area contributed by atoms with Crippen LogP contribution in [0.4, 0.5) is 0 Å². The molecule has 25 heavy (non-hydrogen) atoms. The second-order valence-corrected chi connectivity index (χ2v) is 6.90. The molecule has 0 radical (unpaired) electrons. The van der Waals surface area contributed by atoms with Crippen molar-refractivity contribution in [2.75, 3.05) is 0 Å². The van der Waals surface area contributed by atoms with Gasteiger partial charge in [0.2, 0.25) is 0 Å². The van der Waals surface area contributed by atoms with E-state index in [0.29, 0.717) is 0 Å². The lowest BCUT2D eigenvalue weighted by molar-refractivity contribution is 0.933. The van der Waals surface area contributed by atoms with Crippen LogP contribution in [-0.2, 0) is 12.8 Å². The summed E-state index contributed by atoms with van der Waals surface area (Å²) in [6, 6.07) is 18.7. The highest BCUT2D eigenvalue weighted by Crippen LogP contribution is 2.31. The van der Waals surface area contributed by atoms with Gasteiger partial charge in [0.1, 0.15) is 22.7 Å². The van der Waals surface area contributed by atoms with Gasteiger partial charge in [0, 0.05) is 18.4 Å². The Kier molecular flexibility index (Phi) is 4.24. The molecule has 2 heterocycles. The van der Waals surface area contributed by atoms with Crippen LogP contribution in [0.1, 0.15) is 11.1 Å². The number of hydrogen-bond acceptors (Lipinski definition) is 4. The summed E-state index contributed by atoms with van der Waals surface area (Å²) in [4.78, 5) is 13.6. The van der Waals surface area contributed by atoms with Gasteiger partial charge in [-0.1, -0.05) is 66.4 Å². The van der Waals surface area contributed by atoms with Crippen LogP contribution in [0, 0.1) is 6.92 Å². The van der Waals surface area contributed by atoms with Crippen LogP contribution in [0.25, 0.3) is 22.6 Å². The Morgan fingerprint density at radius 2 is 1.72 bits per heavy atom. The van der Waals surface area contributed by atoms with Crippen molar-refractivity contribution in [2.45, 2.75) is 17.7 Å². The molecule has 0 N–H and O–H groups in total. The first-order valence-electron chi connectivity index (χ1n) is 8.14. The largest absolute Gasteiger partial charge is 0.324 e. The van der Waals surface area contributed by atoms with Gasteiger partial charge in [-0.05, 0) is 18.1 Å². The highest BCUT2D eigenvalue weighted by Gasteiger charge is 2.16. The number of aryl methyl sites for hydroxylation is 2. The molecule has 4 aromatic rings. The molecular weight excluding hydrogens is 328 g/mol. The molecule has 2 aromatic heterocycles. The summed E-state index contributed by atoms with van der Waals surface area (Å²) in [5.74, 6) is 1.80. The lowest BCUT2D eigenvalue weighted by Crippen LogP contribution is -1.96. The Labute approximate surface area is 151 Å². The standard InChI is InChI=1S/C20H18N4S/c1-14-8-6-7-11-16(14)19-23-18-17(24(19)2)20(22-13-21-18)25-12-15-9-4-3-5-10-15/h3-11,13H,12H2,1-2H3. The molecular formula is C20H18N4S. The summed E-state index contributed by atoms with van der Waals surface area (Å²) in [5.41, 5.74) is 5.34. The molecule has 0 bridgehead atoms. The molecule has 0 saturated heterocycles. The fourth-order valence-corrected chi connectivity index (χ4v) is 3.89. The lowest BCUT2D eigenvalue weighted by Gasteiger charge is -2.07. The van der Waals surface area contributed by atoms with Crippen LogP contribution in [-0.4, -0.2) is 19.5 Å². The number of hydrogen-bond donors (Lipinski definition) is 0. The van der Waals surface area contributed by atoms with E-state index in [4.69, 9.17) is 4.98 Å². The van der Waals surface area contributed by atoms with E-state index < -0.39 is 0 Å². The van der Waals surface area contributed by atoms with Gasteiger partial charge in [-0.25, -0.2) is 15.0 Å². The number of aromatic nitrogens is 4. The number of fused-ring (bicyclic) bond motifs is 1. The van der Waals surface area contributed by atoms with E-state index >= 15 is 0 Å². The molecule has 4 rings (SSSR count). The Hall–Kier alpha value is -2.66. The Bertz CT molecular complexity index is 1020. The van der Waals surface area contributed by atoms with Gasteiger partial charge >= 0.3 is 0 Å². The zero-order valence-corrected chi connectivity index (χ0v) is 15.0. The molecule has 0 aliphatic heterocycles. The van der Waals surface area contributed by atoms with Gasteiger partial charge < -0.3 is 4.57 Å². The average molecular weight is 346 g/mol. The smallest absolute Gasteiger partial charge is 0.182 e. The van der Waals surface area contributed by atoms with Crippen LogP contribution in [0.15, 0.2) is 66.0 Å². The minimum atomic E-state index is 0.742. The Balaban J connectivity index is 1.75. The van der Waals surface area contributed by atoms with Gasteiger partial charge in [0.05, 0.1) is 0 Å². The van der Waals surface area contributed by atoms with Crippen LogP contribution in [0.2, 0.25) is 0 Å². The van der Waals surface area contributed by atoms with Crippen LogP contribution in [0.5, 0.6) is 0 Å². The normalized spacial score (nSPS) is 11.1. The van der Waals surface area contributed by atoms with Crippen molar-refractivity contribution >= 4 is 22.9 Å². The number of thioether (sulfide) groups is 1. The molecule has 0 unspecified atom stereocenters. The summed E-state index contributed by atoms with van der Waals surface area (Å²) >= 11 is 1.72. The Morgan fingerprint density at radius 1 is 0.960 bits per heavy atom. The highest BCUT2D eigenvalue weighted by molar-refractivity contribution is 7.98. The van der Waals surface area contributed by atoms with Crippen molar-refractivity contribution in [3.63, 3.8) is 0 Å². The maximum atomic E-state index is 4.76. The van der Waals surface area contributed by atoms with E-state index in [1.54, 1.807) is 18.1 Å². The zero-order chi connectivity index (χ0) is 17.2. The maximum absolute atomic E-state index is 4.76. The second-order valence-electron chi connectivity index (χ2n) is 5.93. The third-order valence-electron chi connectivity index (χ3n) is 4.24. The van der Waals surface area contributed by atoms with Gasteiger partial charge in [-0.3, -0.25) is 0 Å². The third-order valence-corrected chi connectivity index (χ3v) is 5.29. The number of imidazole rings is 1. The van der Waals surface area contributed by atoms with E-state index in [1.165, 1.54) is 11.1 Å². The first-order valence-corrected chi connectivity index (χ1v) is 9.13. The van der Waals surface area contributed by atoms with Crippen molar-refractivity contribution in [3.05, 3.63) is 72.1 Å². The molecule has 0 saturated carbocycles. The van der Waals surface area contributed by atoms with Crippen LogP contribution < -0.4 is 0 Å². The molecule has 4 nitrogen and oxygen atoms in total. The summed E-state index contributed by atoms with van der Waals surface area (Å²) in [6.07, 6.45) is 1.60. The first-order chi connectivity index (χ1) is 12.2. The SMILES string of the molecule is Cc1ccccc1-c1nc2ncnc(SCc3ccccc3)c2n1C. The fraction of sp³-hybridized carbons (Fsp3) is 0.150. The molecule has 0 atom stereocenters.